The second-order valence-electron chi connectivity index (χ2n) is 7.46. The van der Waals surface area contributed by atoms with Crippen molar-refractivity contribution in [3.63, 3.8) is 0 Å². The zero-order valence-corrected chi connectivity index (χ0v) is 16.3. The van der Waals surface area contributed by atoms with Crippen LogP contribution in [-0.4, -0.2) is 71.9 Å². The van der Waals surface area contributed by atoms with Crippen LogP contribution in [0.3, 0.4) is 0 Å². The van der Waals surface area contributed by atoms with Gasteiger partial charge < -0.3 is 50.0 Å². The van der Waals surface area contributed by atoms with E-state index >= 15 is 0 Å². The SMILES string of the molecule is O=c1cc(-c2ccc(O)c(O)c2)oc2c([C@@H](O)[C@H]3O[C@H](CO)[C@@H](O)[C@@H]3O)c(O)cc(O)c12. The molecule has 170 valence electrons. The second kappa shape index (κ2) is 7.97. The molecule has 0 spiro atoms. The van der Waals surface area contributed by atoms with E-state index in [-0.39, 0.29) is 16.7 Å². The number of fused-ring (bicyclic) bond motifs is 1. The number of hydrogen-bond donors (Lipinski definition) is 8. The van der Waals surface area contributed by atoms with Crippen molar-refractivity contribution in [2.24, 2.45) is 0 Å². The molecule has 8 N–H and O–H groups in total. The second-order valence-corrected chi connectivity index (χ2v) is 7.46. The van der Waals surface area contributed by atoms with Gasteiger partial charge in [0.15, 0.2) is 22.5 Å². The summed E-state index contributed by atoms with van der Waals surface area (Å²) in [6.07, 6.45) is -7.71. The molecule has 0 radical (unpaired) electrons. The summed E-state index contributed by atoms with van der Waals surface area (Å²) in [7, 11) is 0. The number of rotatable bonds is 4. The molecule has 0 aliphatic carbocycles. The predicted molar refractivity (Wildman–Crippen MR) is 107 cm³/mol. The van der Waals surface area contributed by atoms with Gasteiger partial charge >= 0.3 is 0 Å². The number of ether oxygens (including phenoxy) is 1. The lowest BCUT2D eigenvalue weighted by molar-refractivity contribution is -0.0762. The highest BCUT2D eigenvalue weighted by atomic mass is 16.6. The van der Waals surface area contributed by atoms with E-state index in [1.807, 2.05) is 0 Å². The lowest BCUT2D eigenvalue weighted by atomic mass is 9.95. The molecule has 32 heavy (non-hydrogen) atoms. The Morgan fingerprint density at radius 2 is 1.62 bits per heavy atom. The fraction of sp³-hybridized carbons (Fsp3) is 0.286. The van der Waals surface area contributed by atoms with E-state index in [1.54, 1.807) is 0 Å². The molecule has 1 aromatic heterocycles. The fourth-order valence-electron chi connectivity index (χ4n) is 3.78. The number of phenolic OH excluding ortho intramolecular Hbond substituents is 4. The van der Waals surface area contributed by atoms with Crippen molar-refractivity contribution in [3.05, 3.63) is 46.1 Å². The average Bonchev–Trinajstić information content (AvgIpc) is 3.03. The quantitative estimate of drug-likeness (QED) is 0.246. The zero-order chi connectivity index (χ0) is 23.3. The van der Waals surface area contributed by atoms with E-state index in [4.69, 9.17) is 9.15 Å². The molecule has 3 aromatic rings. The lowest BCUT2D eigenvalue weighted by Crippen LogP contribution is -2.36. The zero-order valence-electron chi connectivity index (χ0n) is 16.3. The molecule has 0 saturated carbocycles. The van der Waals surface area contributed by atoms with Gasteiger partial charge in [0.1, 0.15) is 53.2 Å². The van der Waals surface area contributed by atoms with Crippen LogP contribution in [0.25, 0.3) is 22.3 Å². The molecule has 11 heteroatoms. The Bertz CT molecular complexity index is 1230. The molecule has 0 unspecified atom stereocenters. The number of aromatic hydroxyl groups is 4. The van der Waals surface area contributed by atoms with Gasteiger partial charge in [-0.05, 0) is 18.2 Å². The maximum Gasteiger partial charge on any atom is 0.197 e. The van der Waals surface area contributed by atoms with Crippen LogP contribution >= 0.6 is 0 Å². The van der Waals surface area contributed by atoms with Crippen LogP contribution in [0, 0.1) is 0 Å². The van der Waals surface area contributed by atoms with E-state index in [0.717, 1.165) is 24.3 Å². The van der Waals surface area contributed by atoms with Crippen LogP contribution < -0.4 is 5.43 Å². The molecule has 1 aliphatic rings. The van der Waals surface area contributed by atoms with Crippen molar-refractivity contribution in [1.29, 1.82) is 0 Å². The molecular weight excluding hydrogens is 428 g/mol. The Labute approximate surface area is 179 Å². The summed E-state index contributed by atoms with van der Waals surface area (Å²) >= 11 is 0. The van der Waals surface area contributed by atoms with Gasteiger partial charge in [-0.1, -0.05) is 0 Å². The highest BCUT2D eigenvalue weighted by molar-refractivity contribution is 5.89. The van der Waals surface area contributed by atoms with Gasteiger partial charge in [0.25, 0.3) is 0 Å². The van der Waals surface area contributed by atoms with E-state index in [0.29, 0.717) is 0 Å². The molecule has 11 nitrogen and oxygen atoms in total. The minimum atomic E-state index is -1.84. The summed E-state index contributed by atoms with van der Waals surface area (Å²) in [5.74, 6) is -2.35. The molecule has 2 heterocycles. The van der Waals surface area contributed by atoms with Crippen molar-refractivity contribution < 1.29 is 50.0 Å². The lowest BCUT2D eigenvalue weighted by Gasteiger charge is -2.23. The minimum Gasteiger partial charge on any atom is -0.507 e. The molecular formula is C21H20O11. The van der Waals surface area contributed by atoms with Crippen molar-refractivity contribution in [1.82, 2.24) is 0 Å². The van der Waals surface area contributed by atoms with Crippen molar-refractivity contribution in [2.75, 3.05) is 6.61 Å². The molecule has 1 aliphatic heterocycles. The van der Waals surface area contributed by atoms with Gasteiger partial charge in [-0.25, -0.2) is 0 Å². The Kier molecular flexibility index (Phi) is 5.44. The van der Waals surface area contributed by atoms with E-state index < -0.39 is 76.7 Å². The van der Waals surface area contributed by atoms with Crippen LogP contribution in [0.4, 0.5) is 0 Å². The Hall–Kier alpha value is -3.35. The van der Waals surface area contributed by atoms with Gasteiger partial charge in [-0.15, -0.1) is 0 Å². The number of aliphatic hydroxyl groups excluding tert-OH is 4. The summed E-state index contributed by atoms with van der Waals surface area (Å²) in [5.41, 5.74) is -1.42. The van der Waals surface area contributed by atoms with E-state index in [1.165, 1.54) is 6.07 Å². The third-order valence-electron chi connectivity index (χ3n) is 5.44. The third-order valence-corrected chi connectivity index (χ3v) is 5.44. The minimum absolute atomic E-state index is 0.127. The van der Waals surface area contributed by atoms with Crippen molar-refractivity contribution >= 4 is 11.0 Å². The van der Waals surface area contributed by atoms with Crippen molar-refractivity contribution in [2.45, 2.75) is 30.5 Å². The number of aliphatic hydroxyl groups is 4. The third kappa shape index (κ3) is 3.42. The van der Waals surface area contributed by atoms with Gasteiger partial charge in [-0.2, -0.15) is 0 Å². The van der Waals surface area contributed by atoms with Crippen molar-refractivity contribution in [3.8, 4) is 34.3 Å². The topological polar surface area (TPSA) is 201 Å². The first-order valence-corrected chi connectivity index (χ1v) is 9.49. The Balaban J connectivity index is 1.91. The van der Waals surface area contributed by atoms with Gasteiger partial charge in [0.05, 0.1) is 12.2 Å². The van der Waals surface area contributed by atoms with E-state index in [2.05, 4.69) is 0 Å². The molecule has 0 amide bonds. The summed E-state index contributed by atoms with van der Waals surface area (Å²) < 4.78 is 11.0. The largest absolute Gasteiger partial charge is 0.507 e. The first-order valence-electron chi connectivity index (χ1n) is 9.49. The molecule has 0 bridgehead atoms. The van der Waals surface area contributed by atoms with Crippen LogP contribution in [0.1, 0.15) is 11.7 Å². The standard InChI is InChI=1S/C21H20O11/c22-6-14-17(28)19(30)21(32-14)18(29)16-11(26)4-10(25)15-12(27)5-13(31-20(15)16)7-1-2-8(23)9(24)3-7/h1-5,14,17-19,21-26,28-30H,6H2/t14-,17-,18-,19+,21-/m1/s1. The van der Waals surface area contributed by atoms with Crippen LogP contribution in [0.5, 0.6) is 23.0 Å². The first kappa shape index (κ1) is 21.9. The molecule has 5 atom stereocenters. The molecule has 2 aromatic carbocycles. The van der Waals surface area contributed by atoms with Gasteiger partial charge in [-0.3, -0.25) is 4.79 Å². The van der Waals surface area contributed by atoms with Gasteiger partial charge in [0.2, 0.25) is 0 Å². The number of phenols is 4. The number of hydrogen-bond acceptors (Lipinski definition) is 11. The summed E-state index contributed by atoms with van der Waals surface area (Å²) in [6.45, 7) is -0.646. The highest BCUT2D eigenvalue weighted by Gasteiger charge is 2.47. The average molecular weight is 448 g/mol. The highest BCUT2D eigenvalue weighted by Crippen LogP contribution is 2.42. The Morgan fingerprint density at radius 1 is 0.906 bits per heavy atom. The fourth-order valence-corrected chi connectivity index (χ4v) is 3.78. The maximum atomic E-state index is 12.7. The van der Waals surface area contributed by atoms with Gasteiger partial charge in [0, 0.05) is 17.7 Å². The summed E-state index contributed by atoms with van der Waals surface area (Å²) in [4.78, 5) is 12.7. The number of benzene rings is 2. The normalized spacial score (nSPS) is 24.1. The Morgan fingerprint density at radius 3 is 2.25 bits per heavy atom. The first-order chi connectivity index (χ1) is 15.1. The van der Waals surface area contributed by atoms with Crippen LogP contribution in [-0.2, 0) is 4.74 Å². The van der Waals surface area contributed by atoms with Crippen LogP contribution in [0.2, 0.25) is 0 Å². The van der Waals surface area contributed by atoms with E-state index in [9.17, 15) is 45.6 Å². The molecule has 1 saturated heterocycles. The molecule has 4 rings (SSSR count). The summed E-state index contributed by atoms with van der Waals surface area (Å²) in [5, 5.41) is 79.8. The molecule has 1 fully saturated rings. The summed E-state index contributed by atoms with van der Waals surface area (Å²) in [6, 6.07) is 5.43. The van der Waals surface area contributed by atoms with Crippen LogP contribution in [0.15, 0.2) is 39.5 Å². The smallest absolute Gasteiger partial charge is 0.197 e. The predicted octanol–water partition coefficient (Wildman–Crippen LogP) is -0.203. The monoisotopic (exact) mass is 448 g/mol. The maximum absolute atomic E-state index is 12.7.